The number of hydrogen-bond donors (Lipinski definition) is 1. The SMILES string of the molecule is CCOC(=O)Cc1c(C(=O)O)nn(-c2ccccc2)c1-c1ccccc1. The molecule has 0 fully saturated rings. The summed E-state index contributed by atoms with van der Waals surface area (Å²) in [6.45, 7) is 1.94. The van der Waals surface area contributed by atoms with Gasteiger partial charge in [-0.15, -0.1) is 0 Å². The Labute approximate surface area is 150 Å². The Kier molecular flexibility index (Phi) is 5.12. The van der Waals surface area contributed by atoms with Gasteiger partial charge in [0.05, 0.1) is 24.4 Å². The fraction of sp³-hybridized carbons (Fsp3) is 0.150. The van der Waals surface area contributed by atoms with Gasteiger partial charge in [0.1, 0.15) is 0 Å². The molecule has 0 aliphatic carbocycles. The number of aromatic nitrogens is 2. The van der Waals surface area contributed by atoms with Crippen molar-refractivity contribution in [3.8, 4) is 16.9 Å². The molecule has 0 unspecified atom stereocenters. The second-order valence-electron chi connectivity index (χ2n) is 5.58. The summed E-state index contributed by atoms with van der Waals surface area (Å²) >= 11 is 0. The number of ether oxygens (including phenoxy) is 1. The van der Waals surface area contributed by atoms with Crippen LogP contribution < -0.4 is 0 Å². The summed E-state index contributed by atoms with van der Waals surface area (Å²) in [6.07, 6.45) is -0.160. The second kappa shape index (κ2) is 7.65. The Balaban J connectivity index is 2.25. The van der Waals surface area contributed by atoms with Crippen molar-refractivity contribution in [2.75, 3.05) is 6.61 Å². The molecule has 0 saturated heterocycles. The Bertz CT molecular complexity index is 918. The number of carboxylic acids is 1. The van der Waals surface area contributed by atoms with Crippen molar-refractivity contribution in [1.82, 2.24) is 9.78 Å². The number of carboxylic acid groups (broad SMARTS) is 1. The number of esters is 1. The van der Waals surface area contributed by atoms with Gasteiger partial charge in [-0.3, -0.25) is 4.79 Å². The highest BCUT2D eigenvalue weighted by molar-refractivity contribution is 5.92. The highest BCUT2D eigenvalue weighted by Gasteiger charge is 2.26. The van der Waals surface area contributed by atoms with Crippen molar-refractivity contribution >= 4 is 11.9 Å². The summed E-state index contributed by atoms with van der Waals surface area (Å²) in [7, 11) is 0. The predicted molar refractivity (Wildman–Crippen MR) is 96.3 cm³/mol. The first-order valence-electron chi connectivity index (χ1n) is 8.23. The maximum absolute atomic E-state index is 12.1. The van der Waals surface area contributed by atoms with E-state index in [1.807, 2.05) is 60.7 Å². The van der Waals surface area contributed by atoms with Gasteiger partial charge in [0.15, 0.2) is 5.69 Å². The van der Waals surface area contributed by atoms with Gasteiger partial charge in [-0.1, -0.05) is 48.5 Å². The van der Waals surface area contributed by atoms with Crippen LogP contribution in [-0.2, 0) is 16.0 Å². The topological polar surface area (TPSA) is 81.4 Å². The maximum atomic E-state index is 12.1. The summed E-state index contributed by atoms with van der Waals surface area (Å²) in [6, 6.07) is 18.5. The molecule has 2 aromatic carbocycles. The van der Waals surface area contributed by atoms with Crippen LogP contribution in [0, 0.1) is 0 Å². The number of aromatic carboxylic acids is 1. The lowest BCUT2D eigenvalue weighted by atomic mass is 10.0. The van der Waals surface area contributed by atoms with E-state index < -0.39 is 11.9 Å². The van der Waals surface area contributed by atoms with E-state index in [0.29, 0.717) is 16.9 Å². The smallest absolute Gasteiger partial charge is 0.356 e. The molecule has 0 aliphatic rings. The van der Waals surface area contributed by atoms with Gasteiger partial charge in [0, 0.05) is 11.1 Å². The number of hydrogen-bond acceptors (Lipinski definition) is 4. The van der Waals surface area contributed by atoms with E-state index in [0.717, 1.165) is 5.56 Å². The van der Waals surface area contributed by atoms with Crippen molar-refractivity contribution in [2.24, 2.45) is 0 Å². The van der Waals surface area contributed by atoms with Gasteiger partial charge in [0.25, 0.3) is 0 Å². The second-order valence-corrected chi connectivity index (χ2v) is 5.58. The molecule has 6 heteroatoms. The van der Waals surface area contributed by atoms with E-state index in [9.17, 15) is 14.7 Å². The van der Waals surface area contributed by atoms with Crippen LogP contribution in [0.1, 0.15) is 23.0 Å². The van der Waals surface area contributed by atoms with Gasteiger partial charge in [0.2, 0.25) is 0 Å². The first-order chi connectivity index (χ1) is 12.6. The van der Waals surface area contributed by atoms with Crippen LogP contribution in [0.3, 0.4) is 0 Å². The van der Waals surface area contributed by atoms with Crippen LogP contribution in [0.2, 0.25) is 0 Å². The van der Waals surface area contributed by atoms with Crippen molar-refractivity contribution in [3.63, 3.8) is 0 Å². The molecule has 0 saturated carbocycles. The monoisotopic (exact) mass is 350 g/mol. The number of para-hydroxylation sites is 1. The van der Waals surface area contributed by atoms with Crippen LogP contribution in [-0.4, -0.2) is 33.4 Å². The Hall–Kier alpha value is -3.41. The molecule has 132 valence electrons. The summed E-state index contributed by atoms with van der Waals surface area (Å²) in [5, 5.41) is 13.9. The van der Waals surface area contributed by atoms with Crippen LogP contribution >= 0.6 is 0 Å². The van der Waals surface area contributed by atoms with E-state index in [1.165, 1.54) is 0 Å². The summed E-state index contributed by atoms with van der Waals surface area (Å²) in [4.78, 5) is 23.8. The molecule has 1 heterocycles. The third kappa shape index (κ3) is 3.49. The van der Waals surface area contributed by atoms with Gasteiger partial charge in [-0.05, 0) is 19.1 Å². The van der Waals surface area contributed by atoms with Crippen LogP contribution in [0.25, 0.3) is 16.9 Å². The molecular weight excluding hydrogens is 332 g/mol. The Morgan fingerprint density at radius 3 is 2.23 bits per heavy atom. The highest BCUT2D eigenvalue weighted by atomic mass is 16.5. The van der Waals surface area contributed by atoms with E-state index >= 15 is 0 Å². The predicted octanol–water partition coefficient (Wildman–Crippen LogP) is 3.34. The minimum atomic E-state index is -1.18. The average molecular weight is 350 g/mol. The average Bonchev–Trinajstić information content (AvgIpc) is 3.02. The molecule has 0 radical (unpaired) electrons. The van der Waals surface area contributed by atoms with Crippen LogP contribution in [0.5, 0.6) is 0 Å². The Morgan fingerprint density at radius 1 is 1.04 bits per heavy atom. The molecule has 1 N–H and O–H groups in total. The van der Waals surface area contributed by atoms with Gasteiger partial charge in [-0.25, -0.2) is 9.48 Å². The molecule has 26 heavy (non-hydrogen) atoms. The zero-order chi connectivity index (χ0) is 18.5. The quantitative estimate of drug-likeness (QED) is 0.690. The van der Waals surface area contributed by atoms with E-state index in [-0.39, 0.29) is 18.7 Å². The fourth-order valence-electron chi connectivity index (χ4n) is 2.79. The molecular formula is C20H18N2O4. The molecule has 0 bridgehead atoms. The molecule has 3 aromatic rings. The third-order valence-electron chi connectivity index (χ3n) is 3.86. The Morgan fingerprint density at radius 2 is 1.65 bits per heavy atom. The number of nitrogens with zero attached hydrogens (tertiary/aromatic N) is 2. The lowest BCUT2D eigenvalue weighted by Gasteiger charge is -2.10. The van der Waals surface area contributed by atoms with Crippen LogP contribution in [0.15, 0.2) is 60.7 Å². The fourth-order valence-corrected chi connectivity index (χ4v) is 2.79. The number of benzene rings is 2. The van der Waals surface area contributed by atoms with Crippen LogP contribution in [0.4, 0.5) is 0 Å². The van der Waals surface area contributed by atoms with Gasteiger partial charge < -0.3 is 9.84 Å². The number of carbonyl (C=O) groups is 2. The van der Waals surface area contributed by atoms with E-state index in [4.69, 9.17) is 4.74 Å². The zero-order valence-corrected chi connectivity index (χ0v) is 14.3. The molecule has 6 nitrogen and oxygen atoms in total. The summed E-state index contributed by atoms with van der Waals surface area (Å²) < 4.78 is 6.58. The molecule has 0 spiro atoms. The minimum Gasteiger partial charge on any atom is -0.476 e. The van der Waals surface area contributed by atoms with Crippen molar-refractivity contribution in [3.05, 3.63) is 71.9 Å². The first-order valence-corrected chi connectivity index (χ1v) is 8.23. The maximum Gasteiger partial charge on any atom is 0.356 e. The molecule has 0 aliphatic heterocycles. The van der Waals surface area contributed by atoms with Crippen molar-refractivity contribution < 1.29 is 19.4 Å². The molecule has 3 rings (SSSR count). The van der Waals surface area contributed by atoms with Crippen molar-refractivity contribution in [2.45, 2.75) is 13.3 Å². The van der Waals surface area contributed by atoms with E-state index in [1.54, 1.807) is 11.6 Å². The molecule has 0 atom stereocenters. The third-order valence-corrected chi connectivity index (χ3v) is 3.86. The zero-order valence-electron chi connectivity index (χ0n) is 14.3. The number of carbonyl (C=O) groups excluding carboxylic acids is 1. The first kappa shape index (κ1) is 17.4. The van der Waals surface area contributed by atoms with E-state index in [2.05, 4.69) is 5.10 Å². The number of rotatable bonds is 6. The lowest BCUT2D eigenvalue weighted by Crippen LogP contribution is -2.11. The van der Waals surface area contributed by atoms with Gasteiger partial charge in [-0.2, -0.15) is 5.10 Å². The molecule has 0 amide bonds. The summed E-state index contributed by atoms with van der Waals surface area (Å²) in [5.41, 5.74) is 2.24. The van der Waals surface area contributed by atoms with Gasteiger partial charge >= 0.3 is 11.9 Å². The standard InChI is InChI=1S/C20H18N2O4/c1-2-26-17(23)13-16-18(20(24)25)21-22(15-11-7-4-8-12-15)19(16)14-9-5-3-6-10-14/h3-12H,2,13H2,1H3,(H,24,25). The molecule has 1 aromatic heterocycles. The minimum absolute atomic E-state index is 0.152. The van der Waals surface area contributed by atoms with Crippen molar-refractivity contribution in [1.29, 1.82) is 0 Å². The lowest BCUT2D eigenvalue weighted by molar-refractivity contribution is -0.142. The highest BCUT2D eigenvalue weighted by Crippen LogP contribution is 2.30. The summed E-state index contributed by atoms with van der Waals surface area (Å²) in [5.74, 6) is -1.67. The largest absolute Gasteiger partial charge is 0.476 e. The normalized spacial score (nSPS) is 10.5.